The van der Waals surface area contributed by atoms with Crippen LogP contribution in [0, 0.1) is 10.1 Å². The molecule has 106 valence electrons. The van der Waals surface area contributed by atoms with E-state index in [1.54, 1.807) is 12.1 Å². The molecule has 1 rings (SSSR count). The number of benzene rings is 1. The number of nitro benzene ring substituents is 1. The third kappa shape index (κ3) is 5.16. The minimum atomic E-state index is -0.358. The highest BCUT2D eigenvalue weighted by Gasteiger charge is 2.11. The van der Waals surface area contributed by atoms with Gasteiger partial charge in [-0.3, -0.25) is 10.1 Å². The van der Waals surface area contributed by atoms with Crippen LogP contribution in [0.5, 0.6) is 0 Å². The first kappa shape index (κ1) is 15.3. The van der Waals surface area contributed by atoms with Gasteiger partial charge in [0.15, 0.2) is 0 Å². The maximum absolute atomic E-state index is 10.9. The van der Waals surface area contributed by atoms with E-state index in [1.165, 1.54) is 0 Å². The van der Waals surface area contributed by atoms with Gasteiger partial charge in [-0.05, 0) is 26.3 Å². The van der Waals surface area contributed by atoms with E-state index in [0.717, 1.165) is 37.2 Å². The van der Waals surface area contributed by atoms with Crippen molar-refractivity contribution in [1.82, 2.24) is 0 Å². The van der Waals surface area contributed by atoms with Crippen molar-refractivity contribution in [1.29, 1.82) is 0 Å². The Balaban J connectivity index is 2.83. The highest BCUT2D eigenvalue weighted by molar-refractivity contribution is 5.63. The summed E-state index contributed by atoms with van der Waals surface area (Å²) in [6, 6.07) is 5.38. The maximum Gasteiger partial charge on any atom is 0.273 e. The van der Waals surface area contributed by atoms with Gasteiger partial charge < -0.3 is 10.6 Å². The van der Waals surface area contributed by atoms with E-state index in [9.17, 15) is 10.1 Å². The summed E-state index contributed by atoms with van der Waals surface area (Å²) in [5.41, 5.74) is 1.69. The lowest BCUT2D eigenvalue weighted by atomic mass is 10.1. The summed E-state index contributed by atoms with van der Waals surface area (Å²) in [4.78, 5) is 10.6. The van der Waals surface area contributed by atoms with Crippen LogP contribution in [-0.4, -0.2) is 17.5 Å². The van der Waals surface area contributed by atoms with Crippen LogP contribution in [0.3, 0.4) is 0 Å². The Kier molecular flexibility index (Phi) is 6.12. The molecule has 19 heavy (non-hydrogen) atoms. The Hall–Kier alpha value is -1.78. The van der Waals surface area contributed by atoms with Gasteiger partial charge >= 0.3 is 0 Å². The number of nitro groups is 1. The fourth-order valence-electron chi connectivity index (χ4n) is 1.97. The summed E-state index contributed by atoms with van der Waals surface area (Å²) in [6.45, 7) is 6.96. The first-order valence-electron chi connectivity index (χ1n) is 6.86. The van der Waals surface area contributed by atoms with Gasteiger partial charge in [0.2, 0.25) is 0 Å². The van der Waals surface area contributed by atoms with Crippen LogP contribution < -0.4 is 10.6 Å². The summed E-state index contributed by atoms with van der Waals surface area (Å²) in [5.74, 6) is 0. The minimum absolute atomic E-state index is 0.114. The van der Waals surface area contributed by atoms with Crippen LogP contribution in [0.15, 0.2) is 18.2 Å². The fraction of sp³-hybridized carbons (Fsp3) is 0.571. The van der Waals surface area contributed by atoms with Gasteiger partial charge in [0.1, 0.15) is 0 Å². The molecule has 0 radical (unpaired) electrons. The third-order valence-corrected chi connectivity index (χ3v) is 2.91. The second-order valence-electron chi connectivity index (χ2n) is 4.74. The highest BCUT2D eigenvalue weighted by Crippen LogP contribution is 2.25. The zero-order valence-corrected chi connectivity index (χ0v) is 11.9. The van der Waals surface area contributed by atoms with E-state index in [-0.39, 0.29) is 10.6 Å². The zero-order chi connectivity index (χ0) is 14.3. The molecule has 1 unspecified atom stereocenters. The van der Waals surface area contributed by atoms with Crippen molar-refractivity contribution in [3.8, 4) is 0 Å². The molecule has 2 N–H and O–H groups in total. The second kappa shape index (κ2) is 7.61. The molecule has 5 heteroatoms. The molecule has 0 bridgehead atoms. The normalized spacial score (nSPS) is 11.9. The highest BCUT2D eigenvalue weighted by atomic mass is 16.6. The molecular formula is C14H23N3O2. The van der Waals surface area contributed by atoms with Crippen molar-refractivity contribution in [3.05, 3.63) is 28.3 Å². The largest absolute Gasteiger partial charge is 0.385 e. The standard InChI is InChI=1S/C14H23N3O2/c1-4-6-7-11(3)16-13-8-12(15-5-2)9-14(10-13)17(18)19/h8-11,15-16H,4-7H2,1-3H3. The van der Waals surface area contributed by atoms with Crippen molar-refractivity contribution >= 4 is 17.1 Å². The molecule has 5 nitrogen and oxygen atoms in total. The van der Waals surface area contributed by atoms with Crippen LogP contribution in [0.4, 0.5) is 17.1 Å². The van der Waals surface area contributed by atoms with Crippen LogP contribution >= 0.6 is 0 Å². The quantitative estimate of drug-likeness (QED) is 0.550. The molecule has 0 aliphatic carbocycles. The number of non-ortho nitro benzene ring substituents is 1. The SMILES string of the molecule is CCCCC(C)Nc1cc(NCC)cc([N+](=O)[O-])c1. The number of hydrogen-bond donors (Lipinski definition) is 2. The minimum Gasteiger partial charge on any atom is -0.385 e. The van der Waals surface area contributed by atoms with E-state index in [4.69, 9.17) is 0 Å². The van der Waals surface area contributed by atoms with Crippen molar-refractivity contribution in [3.63, 3.8) is 0 Å². The molecule has 0 aliphatic rings. The summed E-state index contributed by atoms with van der Waals surface area (Å²) < 4.78 is 0. The molecule has 0 fully saturated rings. The monoisotopic (exact) mass is 265 g/mol. The lowest BCUT2D eigenvalue weighted by Gasteiger charge is -2.15. The topological polar surface area (TPSA) is 67.2 Å². The summed E-state index contributed by atoms with van der Waals surface area (Å²) in [5, 5.41) is 17.4. The molecule has 0 spiro atoms. The van der Waals surface area contributed by atoms with Gasteiger partial charge in [-0.2, -0.15) is 0 Å². The second-order valence-corrected chi connectivity index (χ2v) is 4.74. The molecule has 1 aromatic rings. The number of nitrogens with zero attached hydrogens (tertiary/aromatic N) is 1. The van der Waals surface area contributed by atoms with Crippen LogP contribution in [0.1, 0.15) is 40.0 Å². The van der Waals surface area contributed by atoms with E-state index in [0.29, 0.717) is 6.04 Å². The number of anilines is 2. The first-order valence-corrected chi connectivity index (χ1v) is 6.86. The Morgan fingerprint density at radius 2 is 1.95 bits per heavy atom. The Bertz CT molecular complexity index is 421. The van der Waals surface area contributed by atoms with Gasteiger partial charge in [-0.15, -0.1) is 0 Å². The predicted molar refractivity (Wildman–Crippen MR) is 79.9 cm³/mol. The summed E-state index contributed by atoms with van der Waals surface area (Å²) in [7, 11) is 0. The molecule has 0 saturated carbocycles. The summed E-state index contributed by atoms with van der Waals surface area (Å²) >= 11 is 0. The average Bonchev–Trinajstić information content (AvgIpc) is 2.36. The average molecular weight is 265 g/mol. The summed E-state index contributed by atoms with van der Waals surface area (Å²) in [6.07, 6.45) is 3.38. The number of nitrogens with one attached hydrogen (secondary N) is 2. The van der Waals surface area contributed by atoms with E-state index in [1.807, 2.05) is 13.0 Å². The van der Waals surface area contributed by atoms with Crippen LogP contribution in [0.25, 0.3) is 0 Å². The van der Waals surface area contributed by atoms with Gasteiger partial charge in [-0.25, -0.2) is 0 Å². The lowest BCUT2D eigenvalue weighted by Crippen LogP contribution is -2.15. The Morgan fingerprint density at radius 1 is 1.26 bits per heavy atom. The zero-order valence-electron chi connectivity index (χ0n) is 11.9. The molecule has 1 atom stereocenters. The molecule has 1 aromatic carbocycles. The van der Waals surface area contributed by atoms with Crippen molar-refractivity contribution in [2.24, 2.45) is 0 Å². The number of hydrogen-bond acceptors (Lipinski definition) is 4. The van der Waals surface area contributed by atoms with E-state index >= 15 is 0 Å². The molecule has 0 amide bonds. The lowest BCUT2D eigenvalue weighted by molar-refractivity contribution is -0.384. The Morgan fingerprint density at radius 3 is 2.53 bits per heavy atom. The van der Waals surface area contributed by atoms with Crippen molar-refractivity contribution < 1.29 is 4.92 Å². The molecule has 0 aliphatic heterocycles. The number of unbranched alkanes of at least 4 members (excludes halogenated alkanes) is 1. The third-order valence-electron chi connectivity index (χ3n) is 2.91. The molecular weight excluding hydrogens is 242 g/mol. The van der Waals surface area contributed by atoms with Gasteiger partial charge in [0.05, 0.1) is 4.92 Å². The van der Waals surface area contributed by atoms with Crippen molar-refractivity contribution in [2.75, 3.05) is 17.2 Å². The van der Waals surface area contributed by atoms with Crippen LogP contribution in [0.2, 0.25) is 0 Å². The molecule has 0 aromatic heterocycles. The number of rotatable bonds is 8. The Labute approximate surface area is 114 Å². The maximum atomic E-state index is 10.9. The van der Waals surface area contributed by atoms with Crippen LogP contribution in [-0.2, 0) is 0 Å². The molecule has 0 saturated heterocycles. The molecule has 0 heterocycles. The van der Waals surface area contributed by atoms with Gasteiger partial charge in [0, 0.05) is 36.1 Å². The van der Waals surface area contributed by atoms with Crippen molar-refractivity contribution in [2.45, 2.75) is 46.1 Å². The van der Waals surface area contributed by atoms with E-state index in [2.05, 4.69) is 24.5 Å². The predicted octanol–water partition coefficient (Wildman–Crippen LogP) is 4.02. The first-order chi connectivity index (χ1) is 9.06. The smallest absolute Gasteiger partial charge is 0.273 e. The van der Waals surface area contributed by atoms with E-state index < -0.39 is 0 Å². The fourth-order valence-corrected chi connectivity index (χ4v) is 1.97. The van der Waals surface area contributed by atoms with Gasteiger partial charge in [-0.1, -0.05) is 19.8 Å². The van der Waals surface area contributed by atoms with Gasteiger partial charge in [0.25, 0.3) is 5.69 Å².